The predicted octanol–water partition coefficient (Wildman–Crippen LogP) is 3.16. The molecule has 8 heteroatoms. The van der Waals surface area contributed by atoms with E-state index in [-0.39, 0.29) is 18.0 Å². The number of ether oxygens (including phenoxy) is 3. The molecule has 0 aromatic heterocycles. The highest BCUT2D eigenvalue weighted by Crippen LogP contribution is 2.26. The minimum absolute atomic E-state index is 0.0192. The van der Waals surface area contributed by atoms with Crippen LogP contribution in [0.3, 0.4) is 0 Å². The number of nitrogens with one attached hydrogen (secondary N) is 1. The summed E-state index contributed by atoms with van der Waals surface area (Å²) in [5.74, 6) is 0.460. The first-order chi connectivity index (χ1) is 14.9. The maximum absolute atomic E-state index is 13.3. The number of aliphatic imine (C=N–C) groups is 1. The van der Waals surface area contributed by atoms with Crippen molar-refractivity contribution in [1.82, 2.24) is 10.2 Å². The third kappa shape index (κ3) is 5.52. The molecule has 0 bridgehead atoms. The van der Waals surface area contributed by atoms with Crippen LogP contribution in [0.25, 0.3) is 0 Å². The van der Waals surface area contributed by atoms with Crippen LogP contribution in [0.15, 0.2) is 47.5 Å². The largest absolute Gasteiger partial charge is 0.496 e. The Morgan fingerprint density at radius 2 is 1.97 bits per heavy atom. The molecule has 31 heavy (non-hydrogen) atoms. The van der Waals surface area contributed by atoms with Gasteiger partial charge in [0.1, 0.15) is 23.2 Å². The zero-order chi connectivity index (χ0) is 22.4. The fraction of sp³-hybridized carbons (Fsp3) is 0.391. The summed E-state index contributed by atoms with van der Waals surface area (Å²) in [5.41, 5.74) is 2.18. The number of morpholine rings is 1. The van der Waals surface area contributed by atoms with Crippen LogP contribution in [0.4, 0.5) is 4.39 Å². The first-order valence-electron chi connectivity index (χ1n) is 10.1. The van der Waals surface area contributed by atoms with Gasteiger partial charge in [-0.3, -0.25) is 4.99 Å². The first kappa shape index (κ1) is 22.6. The van der Waals surface area contributed by atoms with Gasteiger partial charge in [0.25, 0.3) is 0 Å². The Balaban J connectivity index is 1.71. The Morgan fingerprint density at radius 3 is 2.61 bits per heavy atom. The molecule has 0 aliphatic carbocycles. The van der Waals surface area contributed by atoms with E-state index in [9.17, 15) is 9.18 Å². The molecule has 1 fully saturated rings. The predicted molar refractivity (Wildman–Crippen MR) is 116 cm³/mol. The summed E-state index contributed by atoms with van der Waals surface area (Å²) in [4.78, 5) is 18.6. The summed E-state index contributed by atoms with van der Waals surface area (Å²) in [6.45, 7) is 3.73. The molecule has 3 rings (SSSR count). The molecule has 1 N–H and O–H groups in total. The van der Waals surface area contributed by atoms with Crippen molar-refractivity contribution < 1.29 is 23.4 Å². The van der Waals surface area contributed by atoms with Crippen molar-refractivity contribution in [3.63, 3.8) is 0 Å². The average molecular weight is 429 g/mol. The second-order valence-corrected chi connectivity index (χ2v) is 7.32. The quantitative estimate of drug-likeness (QED) is 0.447. The van der Waals surface area contributed by atoms with Crippen LogP contribution < -0.4 is 10.1 Å². The van der Waals surface area contributed by atoms with Crippen molar-refractivity contribution >= 4 is 11.9 Å². The third-order valence-electron chi connectivity index (χ3n) is 5.13. The number of rotatable bonds is 5. The van der Waals surface area contributed by atoms with E-state index in [4.69, 9.17) is 14.2 Å². The molecule has 1 aliphatic heterocycles. The van der Waals surface area contributed by atoms with E-state index in [1.54, 1.807) is 31.3 Å². The van der Waals surface area contributed by atoms with Crippen LogP contribution >= 0.6 is 0 Å². The number of halogens is 1. The summed E-state index contributed by atoms with van der Waals surface area (Å²) < 4.78 is 29.4. The number of carbonyl (C=O) groups excluding carboxylic acids is 1. The zero-order valence-corrected chi connectivity index (χ0v) is 18.2. The Bertz CT molecular complexity index is 933. The van der Waals surface area contributed by atoms with E-state index in [0.29, 0.717) is 30.9 Å². The number of nitrogens with zero attached hydrogens (tertiary/aromatic N) is 2. The van der Waals surface area contributed by atoms with E-state index in [0.717, 1.165) is 17.1 Å². The minimum atomic E-state index is -0.452. The smallest absolute Gasteiger partial charge is 0.341 e. The highest BCUT2D eigenvalue weighted by molar-refractivity contribution is 5.92. The summed E-state index contributed by atoms with van der Waals surface area (Å²) in [7, 11) is 4.58. The SMILES string of the molecule is CN=C(NCc1ccc(OC)c(C(=O)OC)c1)N1CC(C)OC(c2ccc(F)cc2)C1. The molecule has 1 aliphatic rings. The Labute approximate surface area is 181 Å². The van der Waals surface area contributed by atoms with Gasteiger partial charge in [-0.2, -0.15) is 0 Å². The van der Waals surface area contributed by atoms with Crippen molar-refractivity contribution in [3.05, 3.63) is 65.0 Å². The lowest BCUT2D eigenvalue weighted by Gasteiger charge is -2.38. The van der Waals surface area contributed by atoms with Crippen molar-refractivity contribution in [2.75, 3.05) is 34.4 Å². The van der Waals surface area contributed by atoms with Gasteiger partial charge in [0.15, 0.2) is 5.96 Å². The lowest BCUT2D eigenvalue weighted by Crippen LogP contribution is -2.50. The molecule has 0 saturated carbocycles. The Kier molecular flexibility index (Phi) is 7.46. The van der Waals surface area contributed by atoms with Gasteiger partial charge in [-0.15, -0.1) is 0 Å². The maximum atomic E-state index is 13.3. The Hall–Kier alpha value is -3.13. The first-order valence-corrected chi connectivity index (χ1v) is 10.1. The number of methoxy groups -OCH3 is 2. The molecule has 0 spiro atoms. The molecule has 1 saturated heterocycles. The van der Waals surface area contributed by atoms with Gasteiger partial charge in [-0.25, -0.2) is 9.18 Å². The van der Waals surface area contributed by atoms with Crippen LogP contribution in [0, 0.1) is 5.82 Å². The molecule has 0 radical (unpaired) electrons. The van der Waals surface area contributed by atoms with Crippen LogP contribution in [-0.4, -0.2) is 57.3 Å². The number of hydrogen-bond acceptors (Lipinski definition) is 5. The van der Waals surface area contributed by atoms with Gasteiger partial charge in [0, 0.05) is 20.1 Å². The molecule has 2 unspecified atom stereocenters. The molecular formula is C23H28FN3O4. The minimum Gasteiger partial charge on any atom is -0.496 e. The molecule has 2 aromatic carbocycles. The van der Waals surface area contributed by atoms with Gasteiger partial charge in [0.05, 0.1) is 26.9 Å². The van der Waals surface area contributed by atoms with E-state index in [2.05, 4.69) is 15.2 Å². The highest BCUT2D eigenvalue weighted by atomic mass is 19.1. The van der Waals surface area contributed by atoms with Crippen molar-refractivity contribution in [3.8, 4) is 5.75 Å². The van der Waals surface area contributed by atoms with Crippen LogP contribution in [0.2, 0.25) is 0 Å². The number of benzene rings is 2. The lowest BCUT2D eigenvalue weighted by molar-refractivity contribution is -0.0605. The molecule has 0 amide bonds. The van der Waals surface area contributed by atoms with E-state index in [1.165, 1.54) is 26.4 Å². The molecular weight excluding hydrogens is 401 g/mol. The summed E-state index contributed by atoms with van der Waals surface area (Å²) >= 11 is 0. The van der Waals surface area contributed by atoms with Gasteiger partial charge in [-0.1, -0.05) is 18.2 Å². The number of guanidine groups is 1. The van der Waals surface area contributed by atoms with Crippen LogP contribution in [0.1, 0.15) is 34.5 Å². The second-order valence-electron chi connectivity index (χ2n) is 7.32. The summed E-state index contributed by atoms with van der Waals surface area (Å²) in [6.07, 6.45) is -0.205. The number of hydrogen-bond donors (Lipinski definition) is 1. The van der Waals surface area contributed by atoms with Crippen LogP contribution in [-0.2, 0) is 16.0 Å². The molecule has 166 valence electrons. The summed E-state index contributed by atoms with van der Waals surface area (Å²) in [5, 5.41) is 3.35. The normalized spacial score (nSPS) is 19.1. The summed E-state index contributed by atoms with van der Waals surface area (Å²) in [6, 6.07) is 11.8. The Morgan fingerprint density at radius 1 is 1.23 bits per heavy atom. The monoisotopic (exact) mass is 429 g/mol. The standard InChI is InChI=1S/C23H28FN3O4/c1-15-13-27(14-21(31-15)17-6-8-18(24)9-7-17)23(25-2)26-12-16-5-10-20(29-3)19(11-16)22(28)30-4/h5-11,15,21H,12-14H2,1-4H3,(H,25,26). The van der Waals surface area contributed by atoms with Crippen LogP contribution in [0.5, 0.6) is 5.75 Å². The molecule has 2 atom stereocenters. The molecule has 1 heterocycles. The van der Waals surface area contributed by atoms with Gasteiger partial charge < -0.3 is 24.4 Å². The fourth-order valence-corrected chi connectivity index (χ4v) is 3.63. The van der Waals surface area contributed by atoms with Gasteiger partial charge >= 0.3 is 5.97 Å². The van der Waals surface area contributed by atoms with Crippen molar-refractivity contribution in [2.45, 2.75) is 25.7 Å². The van der Waals surface area contributed by atoms with Gasteiger partial charge in [-0.05, 0) is 42.3 Å². The zero-order valence-electron chi connectivity index (χ0n) is 18.2. The average Bonchev–Trinajstić information content (AvgIpc) is 2.79. The topological polar surface area (TPSA) is 72.4 Å². The third-order valence-corrected chi connectivity index (χ3v) is 5.13. The van der Waals surface area contributed by atoms with Gasteiger partial charge in [0.2, 0.25) is 0 Å². The molecule has 2 aromatic rings. The van der Waals surface area contributed by atoms with E-state index < -0.39 is 5.97 Å². The highest BCUT2D eigenvalue weighted by Gasteiger charge is 2.28. The maximum Gasteiger partial charge on any atom is 0.341 e. The van der Waals surface area contributed by atoms with Crippen molar-refractivity contribution in [2.24, 2.45) is 4.99 Å². The van der Waals surface area contributed by atoms with E-state index in [1.807, 2.05) is 13.0 Å². The second kappa shape index (κ2) is 10.3. The number of carbonyl (C=O) groups is 1. The number of esters is 1. The molecule has 7 nitrogen and oxygen atoms in total. The fourth-order valence-electron chi connectivity index (χ4n) is 3.63. The van der Waals surface area contributed by atoms with Crippen molar-refractivity contribution in [1.29, 1.82) is 0 Å². The van der Waals surface area contributed by atoms with E-state index >= 15 is 0 Å². The lowest BCUT2D eigenvalue weighted by atomic mass is 10.1.